The Labute approximate surface area is 91.6 Å². The van der Waals surface area contributed by atoms with Crippen LogP contribution < -0.4 is 10.1 Å². The second-order valence-electron chi connectivity index (χ2n) is 5.07. The Morgan fingerprint density at radius 3 is 2.80 bits per heavy atom. The zero-order valence-corrected chi connectivity index (χ0v) is 9.92. The third kappa shape index (κ3) is 1.94. The number of benzene rings is 1. The van der Waals surface area contributed by atoms with Crippen LogP contribution in [0, 0.1) is 0 Å². The van der Waals surface area contributed by atoms with Crippen molar-refractivity contribution in [3.8, 4) is 5.75 Å². The van der Waals surface area contributed by atoms with E-state index in [4.69, 9.17) is 4.74 Å². The SMILES string of the molecule is COc1ccc2c(c1)NC(C)(C)CC2C. The van der Waals surface area contributed by atoms with Gasteiger partial charge in [0.15, 0.2) is 0 Å². The monoisotopic (exact) mass is 205 g/mol. The Morgan fingerprint density at radius 2 is 2.13 bits per heavy atom. The van der Waals surface area contributed by atoms with Crippen LogP contribution in [0.25, 0.3) is 0 Å². The molecule has 0 saturated heterocycles. The van der Waals surface area contributed by atoms with Crippen molar-refractivity contribution in [2.24, 2.45) is 0 Å². The minimum atomic E-state index is 0.179. The lowest BCUT2D eigenvalue weighted by Gasteiger charge is -2.37. The van der Waals surface area contributed by atoms with Gasteiger partial charge in [-0.15, -0.1) is 0 Å². The summed E-state index contributed by atoms with van der Waals surface area (Å²) in [6, 6.07) is 6.29. The van der Waals surface area contributed by atoms with Crippen LogP contribution in [0.4, 0.5) is 5.69 Å². The van der Waals surface area contributed by atoms with Gasteiger partial charge in [0.25, 0.3) is 0 Å². The smallest absolute Gasteiger partial charge is 0.120 e. The molecule has 2 heteroatoms. The molecule has 0 fully saturated rings. The minimum Gasteiger partial charge on any atom is -0.497 e. The van der Waals surface area contributed by atoms with E-state index >= 15 is 0 Å². The molecule has 1 heterocycles. The van der Waals surface area contributed by atoms with Crippen LogP contribution in [0.15, 0.2) is 18.2 Å². The van der Waals surface area contributed by atoms with Crippen molar-refractivity contribution < 1.29 is 4.74 Å². The van der Waals surface area contributed by atoms with Crippen LogP contribution in [-0.2, 0) is 0 Å². The fourth-order valence-corrected chi connectivity index (χ4v) is 2.49. The third-order valence-corrected chi connectivity index (χ3v) is 3.08. The maximum atomic E-state index is 5.24. The first-order valence-corrected chi connectivity index (χ1v) is 5.48. The Balaban J connectivity index is 2.42. The second-order valence-corrected chi connectivity index (χ2v) is 5.07. The van der Waals surface area contributed by atoms with Crippen molar-refractivity contribution in [1.82, 2.24) is 0 Å². The maximum Gasteiger partial charge on any atom is 0.120 e. The summed E-state index contributed by atoms with van der Waals surface area (Å²) >= 11 is 0. The Kier molecular flexibility index (Phi) is 2.37. The normalized spacial score (nSPS) is 22.8. The first-order chi connectivity index (χ1) is 7.02. The Morgan fingerprint density at radius 1 is 1.40 bits per heavy atom. The van der Waals surface area contributed by atoms with Crippen LogP contribution in [0.1, 0.15) is 38.7 Å². The number of fused-ring (bicyclic) bond motifs is 1. The standard InChI is InChI=1S/C13H19NO/c1-9-8-13(2,3)14-12-7-10(15-4)5-6-11(9)12/h5-7,9,14H,8H2,1-4H3. The molecule has 1 unspecified atom stereocenters. The van der Waals surface area contributed by atoms with Crippen LogP contribution >= 0.6 is 0 Å². The molecule has 1 aliphatic rings. The topological polar surface area (TPSA) is 21.3 Å². The van der Waals surface area contributed by atoms with Crippen LogP contribution in [0.2, 0.25) is 0 Å². The van der Waals surface area contributed by atoms with E-state index in [0.717, 1.165) is 5.75 Å². The highest BCUT2D eigenvalue weighted by molar-refractivity contribution is 5.59. The van der Waals surface area contributed by atoms with E-state index in [0.29, 0.717) is 5.92 Å². The van der Waals surface area contributed by atoms with Crippen LogP contribution in [0.3, 0.4) is 0 Å². The van der Waals surface area contributed by atoms with Crippen molar-refractivity contribution in [2.45, 2.75) is 38.6 Å². The summed E-state index contributed by atoms with van der Waals surface area (Å²) in [4.78, 5) is 0. The van der Waals surface area contributed by atoms with Gasteiger partial charge in [0.2, 0.25) is 0 Å². The van der Waals surface area contributed by atoms with Crippen molar-refractivity contribution in [2.75, 3.05) is 12.4 Å². The van der Waals surface area contributed by atoms with Gasteiger partial charge in [-0.2, -0.15) is 0 Å². The molecule has 2 nitrogen and oxygen atoms in total. The molecule has 82 valence electrons. The van der Waals surface area contributed by atoms with E-state index in [-0.39, 0.29) is 5.54 Å². The fraction of sp³-hybridized carbons (Fsp3) is 0.538. The van der Waals surface area contributed by atoms with Crippen LogP contribution in [0.5, 0.6) is 5.75 Å². The van der Waals surface area contributed by atoms with Gasteiger partial charge in [-0.05, 0) is 37.8 Å². The Hall–Kier alpha value is -1.18. The molecule has 0 amide bonds. The number of anilines is 1. The van der Waals surface area contributed by atoms with E-state index in [1.54, 1.807) is 7.11 Å². The number of nitrogens with one attached hydrogen (secondary N) is 1. The third-order valence-electron chi connectivity index (χ3n) is 3.08. The van der Waals surface area contributed by atoms with Gasteiger partial charge in [-0.25, -0.2) is 0 Å². The molecule has 0 spiro atoms. The summed E-state index contributed by atoms with van der Waals surface area (Å²) in [6.07, 6.45) is 1.17. The summed E-state index contributed by atoms with van der Waals surface area (Å²) in [6.45, 7) is 6.77. The highest BCUT2D eigenvalue weighted by Gasteiger charge is 2.29. The average molecular weight is 205 g/mol. The van der Waals surface area contributed by atoms with Crippen molar-refractivity contribution in [3.05, 3.63) is 23.8 Å². The number of hydrogen-bond donors (Lipinski definition) is 1. The molecule has 1 atom stereocenters. The lowest BCUT2D eigenvalue weighted by atomic mass is 9.82. The van der Waals surface area contributed by atoms with Gasteiger partial charge in [-0.3, -0.25) is 0 Å². The van der Waals surface area contributed by atoms with Gasteiger partial charge < -0.3 is 10.1 Å². The van der Waals surface area contributed by atoms with Crippen molar-refractivity contribution in [1.29, 1.82) is 0 Å². The van der Waals surface area contributed by atoms with Crippen molar-refractivity contribution >= 4 is 5.69 Å². The molecule has 0 aromatic heterocycles. The second kappa shape index (κ2) is 3.44. The van der Waals surface area contributed by atoms with E-state index in [2.05, 4.69) is 38.2 Å². The molecular weight excluding hydrogens is 186 g/mol. The van der Waals surface area contributed by atoms with Gasteiger partial charge in [0.05, 0.1) is 7.11 Å². The molecule has 2 rings (SSSR count). The summed E-state index contributed by atoms with van der Waals surface area (Å²) in [5.41, 5.74) is 2.80. The van der Waals surface area contributed by atoms with Crippen molar-refractivity contribution in [3.63, 3.8) is 0 Å². The molecule has 0 bridgehead atoms. The maximum absolute atomic E-state index is 5.24. The summed E-state index contributed by atoms with van der Waals surface area (Å²) in [5, 5.41) is 3.56. The molecular formula is C13H19NO. The number of hydrogen-bond acceptors (Lipinski definition) is 2. The van der Waals surface area contributed by atoms with Gasteiger partial charge in [0.1, 0.15) is 5.75 Å². The van der Waals surface area contributed by atoms with Gasteiger partial charge in [0, 0.05) is 17.3 Å². The fourth-order valence-electron chi connectivity index (χ4n) is 2.49. The molecule has 1 N–H and O–H groups in total. The molecule has 1 aromatic carbocycles. The largest absolute Gasteiger partial charge is 0.497 e. The molecule has 15 heavy (non-hydrogen) atoms. The first kappa shape index (κ1) is 10.3. The highest BCUT2D eigenvalue weighted by atomic mass is 16.5. The van der Waals surface area contributed by atoms with E-state index < -0.39 is 0 Å². The first-order valence-electron chi connectivity index (χ1n) is 5.48. The zero-order valence-electron chi connectivity index (χ0n) is 9.92. The quantitative estimate of drug-likeness (QED) is 0.758. The van der Waals surface area contributed by atoms with Gasteiger partial charge in [-0.1, -0.05) is 13.0 Å². The number of ether oxygens (including phenoxy) is 1. The predicted molar refractivity (Wildman–Crippen MR) is 63.7 cm³/mol. The lowest BCUT2D eigenvalue weighted by Crippen LogP contribution is -2.36. The number of rotatable bonds is 1. The number of methoxy groups -OCH3 is 1. The highest BCUT2D eigenvalue weighted by Crippen LogP contribution is 2.39. The lowest BCUT2D eigenvalue weighted by molar-refractivity contribution is 0.412. The minimum absolute atomic E-state index is 0.179. The van der Waals surface area contributed by atoms with Crippen LogP contribution in [-0.4, -0.2) is 12.6 Å². The molecule has 1 aromatic rings. The summed E-state index contributed by atoms with van der Waals surface area (Å²) < 4.78 is 5.24. The summed E-state index contributed by atoms with van der Waals surface area (Å²) in [5.74, 6) is 1.54. The zero-order chi connectivity index (χ0) is 11.1. The van der Waals surface area contributed by atoms with E-state index in [1.165, 1.54) is 17.7 Å². The summed E-state index contributed by atoms with van der Waals surface area (Å²) in [7, 11) is 1.71. The average Bonchev–Trinajstić information content (AvgIpc) is 2.14. The van der Waals surface area contributed by atoms with E-state index in [9.17, 15) is 0 Å². The van der Waals surface area contributed by atoms with E-state index in [1.807, 2.05) is 6.07 Å². The molecule has 0 aliphatic carbocycles. The predicted octanol–water partition coefficient (Wildman–Crippen LogP) is 3.39. The van der Waals surface area contributed by atoms with Gasteiger partial charge >= 0.3 is 0 Å². The molecule has 1 aliphatic heterocycles. The Bertz CT molecular complexity index is 371. The molecule has 0 radical (unpaired) electrons. The molecule has 0 saturated carbocycles.